The summed E-state index contributed by atoms with van der Waals surface area (Å²) < 4.78 is 26.1. The van der Waals surface area contributed by atoms with Gasteiger partial charge in [-0.25, -0.2) is 4.39 Å². The Morgan fingerprint density at radius 3 is 2.59 bits per heavy atom. The Kier molecular flexibility index (Phi) is 9.31. The smallest absolute Gasteiger partial charge is 0.306 e. The second-order valence-electron chi connectivity index (χ2n) is 10.2. The summed E-state index contributed by atoms with van der Waals surface area (Å²) in [5.41, 5.74) is 4.73. The van der Waals surface area contributed by atoms with Crippen molar-refractivity contribution in [3.8, 4) is 16.9 Å². The molecule has 3 aromatic carbocycles. The number of benzene rings is 3. The normalized spacial score (nSPS) is 14.0. The highest BCUT2D eigenvalue weighted by Gasteiger charge is 2.28. The van der Waals surface area contributed by atoms with Crippen LogP contribution in [0.3, 0.4) is 0 Å². The minimum absolute atomic E-state index is 0.139. The lowest BCUT2D eigenvalue weighted by atomic mass is 9.90. The summed E-state index contributed by atoms with van der Waals surface area (Å²) >= 11 is 1.73. The Morgan fingerprint density at radius 2 is 1.86 bits per heavy atom. The highest BCUT2D eigenvalue weighted by atomic mass is 32.2. The SMILES string of the molecule is CCOC(=O)CC(CC1CC1)c1cccc(OCc2ccc(-c3cc(C)ccc3F)c(SC(C)C)c2)c1. The largest absolute Gasteiger partial charge is 0.489 e. The first-order valence-electron chi connectivity index (χ1n) is 13.3. The Morgan fingerprint density at radius 1 is 1.05 bits per heavy atom. The van der Waals surface area contributed by atoms with Crippen molar-refractivity contribution in [2.45, 2.75) is 76.0 Å². The summed E-state index contributed by atoms with van der Waals surface area (Å²) in [6, 6.07) is 19.5. The lowest BCUT2D eigenvalue weighted by molar-refractivity contribution is -0.143. The molecule has 0 aromatic heterocycles. The summed E-state index contributed by atoms with van der Waals surface area (Å²) in [5.74, 6) is 1.29. The van der Waals surface area contributed by atoms with Crippen LogP contribution in [0.5, 0.6) is 5.75 Å². The van der Waals surface area contributed by atoms with Crippen LogP contribution >= 0.6 is 11.8 Å². The zero-order valence-corrected chi connectivity index (χ0v) is 23.1. The van der Waals surface area contributed by atoms with Crippen molar-refractivity contribution in [2.24, 2.45) is 5.92 Å². The van der Waals surface area contributed by atoms with E-state index in [0.717, 1.165) is 39.3 Å². The quantitative estimate of drug-likeness (QED) is 0.177. The van der Waals surface area contributed by atoms with Gasteiger partial charge in [-0.05, 0) is 79.1 Å². The molecular formula is C32H37FO3S. The average molecular weight is 521 g/mol. The summed E-state index contributed by atoms with van der Waals surface area (Å²) in [5, 5.41) is 0.363. The number of thioether (sulfide) groups is 1. The van der Waals surface area contributed by atoms with E-state index in [9.17, 15) is 9.18 Å². The van der Waals surface area contributed by atoms with Gasteiger partial charge in [0.1, 0.15) is 18.2 Å². The van der Waals surface area contributed by atoms with Crippen molar-refractivity contribution in [3.05, 3.63) is 83.2 Å². The van der Waals surface area contributed by atoms with Gasteiger partial charge in [0.25, 0.3) is 0 Å². The van der Waals surface area contributed by atoms with Gasteiger partial charge >= 0.3 is 5.97 Å². The highest BCUT2D eigenvalue weighted by molar-refractivity contribution is 8.00. The molecule has 196 valence electrons. The van der Waals surface area contributed by atoms with Crippen LogP contribution in [-0.4, -0.2) is 17.8 Å². The minimum atomic E-state index is -0.208. The van der Waals surface area contributed by atoms with Crippen molar-refractivity contribution in [1.82, 2.24) is 0 Å². The maximum absolute atomic E-state index is 14.7. The molecule has 0 N–H and O–H groups in total. The van der Waals surface area contributed by atoms with Gasteiger partial charge in [0.2, 0.25) is 0 Å². The molecule has 1 aliphatic rings. The van der Waals surface area contributed by atoms with Crippen LogP contribution in [0.15, 0.2) is 65.6 Å². The van der Waals surface area contributed by atoms with Crippen LogP contribution in [0, 0.1) is 18.7 Å². The molecular weight excluding hydrogens is 483 g/mol. The molecule has 3 nitrogen and oxygen atoms in total. The molecule has 1 saturated carbocycles. The highest BCUT2D eigenvalue weighted by Crippen LogP contribution is 2.41. The third kappa shape index (κ3) is 7.85. The fraction of sp³-hybridized carbons (Fsp3) is 0.406. The van der Waals surface area contributed by atoms with Gasteiger partial charge < -0.3 is 9.47 Å². The van der Waals surface area contributed by atoms with Gasteiger partial charge in [-0.15, -0.1) is 11.8 Å². The lowest BCUT2D eigenvalue weighted by Crippen LogP contribution is -2.11. The Bertz CT molecular complexity index is 1220. The zero-order chi connectivity index (χ0) is 26.4. The van der Waals surface area contributed by atoms with E-state index >= 15 is 0 Å². The van der Waals surface area contributed by atoms with Gasteiger partial charge in [-0.2, -0.15) is 0 Å². The molecule has 1 atom stereocenters. The van der Waals surface area contributed by atoms with E-state index in [0.29, 0.717) is 36.4 Å². The van der Waals surface area contributed by atoms with E-state index in [1.807, 2.05) is 44.2 Å². The van der Waals surface area contributed by atoms with Crippen LogP contribution in [-0.2, 0) is 16.1 Å². The third-order valence-corrected chi connectivity index (χ3v) is 7.65. The molecule has 4 rings (SSSR count). The van der Waals surface area contributed by atoms with Crippen molar-refractivity contribution >= 4 is 17.7 Å². The number of hydrogen-bond acceptors (Lipinski definition) is 4. The van der Waals surface area contributed by atoms with Crippen molar-refractivity contribution in [2.75, 3.05) is 6.61 Å². The molecule has 1 fully saturated rings. The molecule has 5 heteroatoms. The lowest BCUT2D eigenvalue weighted by Gasteiger charge is -2.18. The van der Waals surface area contributed by atoms with E-state index in [1.165, 1.54) is 18.9 Å². The van der Waals surface area contributed by atoms with Crippen LogP contribution in [0.1, 0.15) is 69.1 Å². The topological polar surface area (TPSA) is 35.5 Å². The predicted molar refractivity (Wildman–Crippen MR) is 150 cm³/mol. The van der Waals surface area contributed by atoms with E-state index < -0.39 is 0 Å². The van der Waals surface area contributed by atoms with Gasteiger partial charge in [0.05, 0.1) is 13.0 Å². The minimum Gasteiger partial charge on any atom is -0.489 e. The molecule has 0 heterocycles. The van der Waals surface area contributed by atoms with Gasteiger partial charge in [0, 0.05) is 15.7 Å². The van der Waals surface area contributed by atoms with Crippen molar-refractivity contribution < 1.29 is 18.7 Å². The Balaban J connectivity index is 1.51. The van der Waals surface area contributed by atoms with Crippen LogP contribution in [0.4, 0.5) is 4.39 Å². The van der Waals surface area contributed by atoms with Crippen LogP contribution < -0.4 is 4.74 Å². The summed E-state index contributed by atoms with van der Waals surface area (Å²) in [6.07, 6.45) is 3.90. The molecule has 1 unspecified atom stereocenters. The average Bonchev–Trinajstić information content (AvgIpc) is 3.68. The molecule has 0 radical (unpaired) electrons. The first kappa shape index (κ1) is 27.3. The number of hydrogen-bond donors (Lipinski definition) is 0. The Labute approximate surface area is 224 Å². The molecule has 0 saturated heterocycles. The molecule has 3 aromatic rings. The van der Waals surface area contributed by atoms with Gasteiger partial charge in [-0.1, -0.05) is 62.6 Å². The van der Waals surface area contributed by atoms with Crippen molar-refractivity contribution in [1.29, 1.82) is 0 Å². The maximum Gasteiger partial charge on any atom is 0.306 e. The van der Waals surface area contributed by atoms with Crippen LogP contribution in [0.2, 0.25) is 0 Å². The van der Waals surface area contributed by atoms with Gasteiger partial charge in [-0.3, -0.25) is 4.79 Å². The number of halogens is 1. The molecule has 0 spiro atoms. The summed E-state index contributed by atoms with van der Waals surface area (Å²) in [4.78, 5) is 13.3. The second kappa shape index (κ2) is 12.6. The van der Waals surface area contributed by atoms with Crippen molar-refractivity contribution in [3.63, 3.8) is 0 Å². The molecule has 0 bridgehead atoms. The third-order valence-electron chi connectivity index (χ3n) is 6.59. The molecule has 1 aliphatic carbocycles. The number of rotatable bonds is 12. The summed E-state index contributed by atoms with van der Waals surface area (Å²) in [6.45, 7) is 8.93. The fourth-order valence-electron chi connectivity index (χ4n) is 4.62. The summed E-state index contributed by atoms with van der Waals surface area (Å²) in [7, 11) is 0. The molecule has 0 amide bonds. The molecule has 0 aliphatic heterocycles. The second-order valence-corrected chi connectivity index (χ2v) is 11.8. The van der Waals surface area contributed by atoms with E-state index in [-0.39, 0.29) is 17.7 Å². The monoisotopic (exact) mass is 520 g/mol. The number of carbonyl (C=O) groups excluding carboxylic acids is 1. The number of carbonyl (C=O) groups is 1. The first-order chi connectivity index (χ1) is 17.8. The predicted octanol–water partition coefficient (Wildman–Crippen LogP) is 8.72. The molecule has 37 heavy (non-hydrogen) atoms. The standard InChI is InChI=1S/C32H37FO3S/c1-5-35-32(34)19-26(16-23-10-11-23)25-7-6-8-27(18-25)36-20-24-12-13-28(31(17-24)37-21(2)3)29-15-22(4)9-14-30(29)33/h6-9,12-15,17-18,21,23,26H,5,10-11,16,19-20H2,1-4H3. The first-order valence-corrected chi connectivity index (χ1v) is 14.1. The Hall–Kier alpha value is -2.79. The van der Waals surface area contributed by atoms with Gasteiger partial charge in [0.15, 0.2) is 0 Å². The number of aryl methyl sites for hydroxylation is 1. The fourth-order valence-corrected chi connectivity index (χ4v) is 5.65. The number of esters is 1. The van der Waals surface area contributed by atoms with Crippen LogP contribution in [0.25, 0.3) is 11.1 Å². The number of ether oxygens (including phenoxy) is 2. The maximum atomic E-state index is 14.7. The van der Waals surface area contributed by atoms with E-state index in [4.69, 9.17) is 9.47 Å². The zero-order valence-electron chi connectivity index (χ0n) is 22.3. The van der Waals surface area contributed by atoms with E-state index in [2.05, 4.69) is 32.0 Å². The van der Waals surface area contributed by atoms with E-state index in [1.54, 1.807) is 17.8 Å².